The molecule has 0 bridgehead atoms. The lowest BCUT2D eigenvalue weighted by Gasteiger charge is -2.20. The number of aliphatic hydroxyl groups is 1. The Morgan fingerprint density at radius 2 is 1.86 bits per heavy atom. The summed E-state index contributed by atoms with van der Waals surface area (Å²) in [5, 5.41) is 19.6. The number of guanidine groups is 1. The molecular weight excluding hydrogens is 483 g/mol. The van der Waals surface area contributed by atoms with Gasteiger partial charge in [-0.25, -0.2) is 4.79 Å². The van der Waals surface area contributed by atoms with Gasteiger partial charge in [0.25, 0.3) is 0 Å². The lowest BCUT2D eigenvalue weighted by atomic mass is 10.0. The average Bonchev–Trinajstić information content (AvgIpc) is 2.66. The van der Waals surface area contributed by atoms with Gasteiger partial charge >= 0.3 is 6.09 Å². The summed E-state index contributed by atoms with van der Waals surface area (Å²) in [4.78, 5) is 16.3. The highest BCUT2D eigenvalue weighted by molar-refractivity contribution is 14.0. The van der Waals surface area contributed by atoms with Crippen molar-refractivity contribution in [1.82, 2.24) is 16.0 Å². The number of carbonyl (C=O) groups excluding carboxylic acids is 1. The van der Waals surface area contributed by atoms with Gasteiger partial charge in [0.05, 0.1) is 25.3 Å². The van der Waals surface area contributed by atoms with E-state index in [1.54, 1.807) is 6.92 Å². The summed E-state index contributed by atoms with van der Waals surface area (Å²) in [5.41, 5.74) is 0.905. The fraction of sp³-hybridized carbons (Fsp3) is 0.619. The van der Waals surface area contributed by atoms with E-state index in [9.17, 15) is 9.90 Å². The Morgan fingerprint density at radius 3 is 2.45 bits per heavy atom. The monoisotopic (exact) mass is 520 g/mol. The van der Waals surface area contributed by atoms with Gasteiger partial charge in [0.2, 0.25) is 0 Å². The Morgan fingerprint density at radius 1 is 1.17 bits per heavy atom. The van der Waals surface area contributed by atoms with Crippen LogP contribution < -0.4 is 16.0 Å². The zero-order chi connectivity index (χ0) is 20.8. The lowest BCUT2D eigenvalue weighted by molar-refractivity contribution is 0.147. The molecule has 0 saturated heterocycles. The molecule has 0 spiro atoms. The predicted molar refractivity (Wildman–Crippen MR) is 129 cm³/mol. The number of rotatable bonds is 11. The minimum Gasteiger partial charge on any atom is -0.450 e. The molecule has 1 rings (SSSR count). The second-order valence-corrected chi connectivity index (χ2v) is 7.05. The largest absolute Gasteiger partial charge is 0.450 e. The summed E-state index contributed by atoms with van der Waals surface area (Å²) in [7, 11) is 0. The fourth-order valence-electron chi connectivity index (χ4n) is 2.80. The first-order valence-corrected chi connectivity index (χ1v) is 10.1. The molecule has 166 valence electrons. The highest BCUT2D eigenvalue weighted by Gasteiger charge is 2.15. The molecule has 7 nitrogen and oxygen atoms in total. The highest BCUT2D eigenvalue weighted by Crippen LogP contribution is 2.14. The van der Waals surface area contributed by atoms with Crippen LogP contribution in [0, 0.1) is 5.92 Å². The number of alkyl carbamates (subject to hydrolysis) is 1. The molecule has 0 heterocycles. The minimum absolute atomic E-state index is 0. The maximum absolute atomic E-state index is 11.7. The third kappa shape index (κ3) is 12.6. The molecule has 0 aliphatic heterocycles. The van der Waals surface area contributed by atoms with Crippen molar-refractivity contribution in [2.45, 2.75) is 52.7 Å². The van der Waals surface area contributed by atoms with Crippen LogP contribution in [0.3, 0.4) is 0 Å². The van der Waals surface area contributed by atoms with Gasteiger partial charge in [0.1, 0.15) is 0 Å². The molecule has 0 radical (unpaired) electrons. The molecule has 1 aromatic rings. The van der Waals surface area contributed by atoms with Crippen molar-refractivity contribution in [2.24, 2.45) is 10.9 Å². The quantitative estimate of drug-likeness (QED) is 0.204. The number of benzene rings is 1. The van der Waals surface area contributed by atoms with Gasteiger partial charge in [0.15, 0.2) is 5.96 Å². The molecule has 2 unspecified atom stereocenters. The van der Waals surface area contributed by atoms with Crippen LogP contribution >= 0.6 is 24.0 Å². The molecule has 0 fully saturated rings. The van der Waals surface area contributed by atoms with Crippen LogP contribution in [0.4, 0.5) is 4.79 Å². The summed E-state index contributed by atoms with van der Waals surface area (Å²) in [6.45, 7) is 10.1. The fourth-order valence-corrected chi connectivity index (χ4v) is 2.80. The Bertz CT molecular complexity index is 585. The van der Waals surface area contributed by atoms with Crippen molar-refractivity contribution in [3.05, 3.63) is 35.9 Å². The molecular formula is C21H37IN4O3. The van der Waals surface area contributed by atoms with E-state index < -0.39 is 12.2 Å². The van der Waals surface area contributed by atoms with Crippen LogP contribution in [0.15, 0.2) is 35.3 Å². The van der Waals surface area contributed by atoms with E-state index in [0.717, 1.165) is 18.5 Å². The number of halogens is 1. The molecule has 0 aromatic heterocycles. The molecule has 2 atom stereocenters. The van der Waals surface area contributed by atoms with E-state index in [4.69, 9.17) is 4.74 Å². The van der Waals surface area contributed by atoms with E-state index in [-0.39, 0.29) is 30.0 Å². The third-order valence-electron chi connectivity index (χ3n) is 4.06. The predicted octanol–water partition coefficient (Wildman–Crippen LogP) is 3.44. The van der Waals surface area contributed by atoms with E-state index >= 15 is 0 Å². The van der Waals surface area contributed by atoms with Crippen LogP contribution in [0.25, 0.3) is 0 Å². The topological polar surface area (TPSA) is 95.0 Å². The smallest absolute Gasteiger partial charge is 0.407 e. The molecule has 8 heteroatoms. The number of nitrogens with one attached hydrogen (secondary N) is 3. The minimum atomic E-state index is -0.518. The van der Waals surface area contributed by atoms with Crippen LogP contribution in [0.5, 0.6) is 0 Å². The van der Waals surface area contributed by atoms with E-state index in [1.807, 2.05) is 37.3 Å². The van der Waals surface area contributed by atoms with Crippen molar-refractivity contribution in [2.75, 3.05) is 26.2 Å². The summed E-state index contributed by atoms with van der Waals surface area (Å²) < 4.78 is 4.98. The number of hydrogen-bond acceptors (Lipinski definition) is 4. The van der Waals surface area contributed by atoms with Gasteiger partial charge in [-0.3, -0.25) is 4.99 Å². The van der Waals surface area contributed by atoms with Crippen molar-refractivity contribution in [3.63, 3.8) is 0 Å². The van der Waals surface area contributed by atoms with Gasteiger partial charge < -0.3 is 25.8 Å². The third-order valence-corrected chi connectivity index (χ3v) is 4.06. The Kier molecular flexibility index (Phi) is 15.4. The summed E-state index contributed by atoms with van der Waals surface area (Å²) in [6, 6.07) is 9.52. The van der Waals surface area contributed by atoms with E-state index in [1.165, 1.54) is 0 Å². The number of ether oxygens (including phenoxy) is 1. The molecule has 4 N–H and O–H groups in total. The van der Waals surface area contributed by atoms with Gasteiger partial charge in [0, 0.05) is 13.1 Å². The van der Waals surface area contributed by atoms with Crippen LogP contribution in [0.2, 0.25) is 0 Å². The lowest BCUT2D eigenvalue weighted by Crippen LogP contribution is -2.42. The van der Waals surface area contributed by atoms with Crippen molar-refractivity contribution >= 4 is 36.0 Å². The van der Waals surface area contributed by atoms with Crippen LogP contribution in [-0.2, 0) is 4.74 Å². The van der Waals surface area contributed by atoms with Crippen molar-refractivity contribution < 1.29 is 14.6 Å². The first-order chi connectivity index (χ1) is 13.5. The maximum atomic E-state index is 11.7. The maximum Gasteiger partial charge on any atom is 0.407 e. The molecule has 0 aliphatic rings. The SMILES string of the molecule is CCNC(=NCC(CC(C)C)NC(=O)OCC)NCCC(O)c1ccccc1.I. The number of carbonyl (C=O) groups is 1. The average molecular weight is 520 g/mol. The number of aliphatic imine (C=N–C) groups is 1. The number of hydrogen-bond donors (Lipinski definition) is 4. The summed E-state index contributed by atoms with van der Waals surface area (Å²) in [5.74, 6) is 1.10. The van der Waals surface area contributed by atoms with Gasteiger partial charge in [-0.15, -0.1) is 24.0 Å². The van der Waals surface area contributed by atoms with E-state index in [0.29, 0.717) is 38.0 Å². The zero-order valence-electron chi connectivity index (χ0n) is 18.0. The molecule has 1 aromatic carbocycles. The van der Waals surface area contributed by atoms with Crippen LogP contribution in [-0.4, -0.2) is 49.4 Å². The molecule has 0 saturated carbocycles. The molecule has 29 heavy (non-hydrogen) atoms. The van der Waals surface area contributed by atoms with Crippen molar-refractivity contribution in [1.29, 1.82) is 0 Å². The number of nitrogens with zero attached hydrogens (tertiary/aromatic N) is 1. The highest BCUT2D eigenvalue weighted by atomic mass is 127. The second-order valence-electron chi connectivity index (χ2n) is 7.05. The second kappa shape index (κ2) is 16.3. The number of amides is 1. The summed E-state index contributed by atoms with van der Waals surface area (Å²) in [6.07, 6.45) is 0.461. The van der Waals surface area contributed by atoms with Gasteiger partial charge in [-0.1, -0.05) is 44.2 Å². The Labute approximate surface area is 192 Å². The van der Waals surface area contributed by atoms with Gasteiger partial charge in [-0.2, -0.15) is 0 Å². The number of aliphatic hydroxyl groups excluding tert-OH is 1. The first kappa shape index (κ1) is 27.5. The molecule has 0 aliphatic carbocycles. The summed E-state index contributed by atoms with van der Waals surface area (Å²) >= 11 is 0. The van der Waals surface area contributed by atoms with E-state index in [2.05, 4.69) is 34.8 Å². The first-order valence-electron chi connectivity index (χ1n) is 10.1. The normalized spacial score (nSPS) is 13.2. The Balaban J connectivity index is 0.00000784. The zero-order valence-corrected chi connectivity index (χ0v) is 20.3. The van der Waals surface area contributed by atoms with Crippen molar-refractivity contribution in [3.8, 4) is 0 Å². The van der Waals surface area contributed by atoms with Gasteiger partial charge in [-0.05, 0) is 38.2 Å². The standard InChI is InChI=1S/C21H36N4O3.HI/c1-5-22-20(23-13-12-19(26)17-10-8-7-9-11-17)24-15-18(14-16(3)4)25-21(27)28-6-2;/h7-11,16,18-19,26H,5-6,12-15H2,1-4H3,(H,25,27)(H2,22,23,24);1H. The Hall–Kier alpha value is -1.55. The van der Waals surface area contributed by atoms with Crippen LogP contribution in [0.1, 0.15) is 52.2 Å². The molecule has 1 amide bonds.